The SMILES string of the molecule is [CH2-]Cc1ccccc1[C-]1CCNCC1.[Y]. The molecule has 0 atom stereocenters. The average molecular weight is 276 g/mol. The molecule has 1 radical (unpaired) electrons. The summed E-state index contributed by atoms with van der Waals surface area (Å²) in [4.78, 5) is 0. The van der Waals surface area contributed by atoms with Crippen molar-refractivity contribution in [3.8, 4) is 0 Å². The van der Waals surface area contributed by atoms with Gasteiger partial charge in [0, 0.05) is 32.7 Å². The zero-order valence-corrected chi connectivity index (χ0v) is 12.0. The Hall–Kier alpha value is 0.154. The van der Waals surface area contributed by atoms with Crippen LogP contribution in [0.5, 0.6) is 0 Å². The van der Waals surface area contributed by atoms with E-state index in [2.05, 4.69) is 36.5 Å². The van der Waals surface area contributed by atoms with Crippen molar-refractivity contribution in [2.75, 3.05) is 13.1 Å². The Morgan fingerprint density at radius 1 is 1.20 bits per heavy atom. The number of piperidine rings is 1. The van der Waals surface area contributed by atoms with E-state index in [1.54, 1.807) is 5.92 Å². The van der Waals surface area contributed by atoms with Gasteiger partial charge in [-0.05, 0) is 13.1 Å². The summed E-state index contributed by atoms with van der Waals surface area (Å²) < 4.78 is 0. The minimum atomic E-state index is 0. The van der Waals surface area contributed by atoms with Gasteiger partial charge in [0.2, 0.25) is 0 Å². The van der Waals surface area contributed by atoms with E-state index in [-0.39, 0.29) is 32.7 Å². The minimum Gasteiger partial charge on any atom is -0.350 e. The summed E-state index contributed by atoms with van der Waals surface area (Å²) in [5.74, 6) is 1.60. The molecule has 0 unspecified atom stereocenters. The summed E-state index contributed by atoms with van der Waals surface area (Å²) in [6.45, 7) is 6.23. The van der Waals surface area contributed by atoms with Crippen LogP contribution in [0.4, 0.5) is 0 Å². The minimum absolute atomic E-state index is 0. The quantitative estimate of drug-likeness (QED) is 0.818. The molecular formula is C13H17NY-2. The predicted octanol–water partition coefficient (Wildman–Crippen LogP) is 2.37. The van der Waals surface area contributed by atoms with Crippen LogP contribution in [0.3, 0.4) is 0 Å². The third-order valence-electron chi connectivity index (χ3n) is 2.87. The predicted molar refractivity (Wildman–Crippen MR) is 60.0 cm³/mol. The van der Waals surface area contributed by atoms with Gasteiger partial charge in [0.1, 0.15) is 0 Å². The maximum Gasteiger partial charge on any atom is 0 e. The summed E-state index contributed by atoms with van der Waals surface area (Å²) in [6, 6.07) is 8.66. The molecule has 1 aliphatic rings. The van der Waals surface area contributed by atoms with Crippen LogP contribution in [0.2, 0.25) is 0 Å². The van der Waals surface area contributed by atoms with Crippen molar-refractivity contribution < 1.29 is 32.7 Å². The van der Waals surface area contributed by atoms with E-state index in [4.69, 9.17) is 0 Å². The van der Waals surface area contributed by atoms with E-state index in [1.807, 2.05) is 0 Å². The molecule has 0 aliphatic carbocycles. The molecule has 1 aliphatic heterocycles. The molecule has 79 valence electrons. The first-order chi connectivity index (χ1) is 6.92. The van der Waals surface area contributed by atoms with Crippen molar-refractivity contribution >= 4 is 0 Å². The van der Waals surface area contributed by atoms with Crippen molar-refractivity contribution in [1.82, 2.24) is 5.32 Å². The smallest absolute Gasteiger partial charge is 0 e. The molecule has 1 heterocycles. The van der Waals surface area contributed by atoms with Gasteiger partial charge in [-0.3, -0.25) is 0 Å². The van der Waals surface area contributed by atoms with Crippen LogP contribution in [0, 0.1) is 12.8 Å². The summed E-state index contributed by atoms with van der Waals surface area (Å²) in [7, 11) is 0. The molecule has 15 heavy (non-hydrogen) atoms. The fourth-order valence-corrected chi connectivity index (χ4v) is 2.08. The fraction of sp³-hybridized carbons (Fsp3) is 0.385. The summed E-state index contributed by atoms with van der Waals surface area (Å²) >= 11 is 0. The molecule has 1 aromatic carbocycles. The summed E-state index contributed by atoms with van der Waals surface area (Å²) in [6.07, 6.45) is 3.28. The molecule has 1 fully saturated rings. The van der Waals surface area contributed by atoms with E-state index < -0.39 is 0 Å². The van der Waals surface area contributed by atoms with Gasteiger partial charge in [0.05, 0.1) is 0 Å². The van der Waals surface area contributed by atoms with Gasteiger partial charge in [-0.2, -0.15) is 23.1 Å². The van der Waals surface area contributed by atoms with Crippen molar-refractivity contribution in [3.63, 3.8) is 0 Å². The van der Waals surface area contributed by atoms with Crippen molar-refractivity contribution in [3.05, 3.63) is 48.2 Å². The van der Waals surface area contributed by atoms with Gasteiger partial charge in [-0.15, -0.1) is 12.1 Å². The van der Waals surface area contributed by atoms with Gasteiger partial charge in [-0.1, -0.05) is 18.9 Å². The van der Waals surface area contributed by atoms with Crippen LogP contribution in [-0.2, 0) is 39.1 Å². The van der Waals surface area contributed by atoms with Gasteiger partial charge >= 0.3 is 0 Å². The van der Waals surface area contributed by atoms with Gasteiger partial charge in [0.15, 0.2) is 0 Å². The van der Waals surface area contributed by atoms with Crippen molar-refractivity contribution in [2.24, 2.45) is 0 Å². The standard InChI is InChI=1S/C13H17N.Y/c1-2-11-5-3-4-6-13(11)12-7-9-14-10-8-12;/h3-6,14H,1-2,7-10H2;/q-2;. The molecule has 0 aromatic heterocycles. The average Bonchev–Trinajstić information content (AvgIpc) is 2.30. The molecule has 0 spiro atoms. The van der Waals surface area contributed by atoms with Crippen LogP contribution in [0.1, 0.15) is 24.0 Å². The van der Waals surface area contributed by atoms with E-state index in [1.165, 1.54) is 24.0 Å². The Morgan fingerprint density at radius 3 is 2.53 bits per heavy atom. The zero-order chi connectivity index (χ0) is 9.80. The molecule has 2 rings (SSSR count). The third-order valence-corrected chi connectivity index (χ3v) is 2.87. The number of hydrogen-bond acceptors (Lipinski definition) is 1. The second kappa shape index (κ2) is 6.68. The first-order valence-corrected chi connectivity index (χ1v) is 5.35. The second-order valence-electron chi connectivity index (χ2n) is 3.76. The molecule has 1 N–H and O–H groups in total. The van der Waals surface area contributed by atoms with Gasteiger partial charge in [-0.25, -0.2) is 6.42 Å². The van der Waals surface area contributed by atoms with E-state index in [0.29, 0.717) is 0 Å². The molecule has 2 heteroatoms. The Bertz CT molecular complexity index is 292. The first-order valence-electron chi connectivity index (χ1n) is 5.35. The summed E-state index contributed by atoms with van der Waals surface area (Å²) in [5.41, 5.74) is 2.84. The Kier molecular flexibility index (Phi) is 5.88. The maximum absolute atomic E-state index is 3.98. The Balaban J connectivity index is 0.00000112. The zero-order valence-electron chi connectivity index (χ0n) is 9.13. The number of nitrogens with one attached hydrogen (secondary N) is 1. The number of hydrogen-bond donors (Lipinski definition) is 1. The Morgan fingerprint density at radius 2 is 1.87 bits per heavy atom. The van der Waals surface area contributed by atoms with Crippen LogP contribution in [-0.4, -0.2) is 13.1 Å². The van der Waals surface area contributed by atoms with Crippen LogP contribution >= 0.6 is 0 Å². The first kappa shape index (κ1) is 13.2. The molecule has 0 amide bonds. The Labute approximate surface area is 118 Å². The van der Waals surface area contributed by atoms with E-state index in [9.17, 15) is 0 Å². The van der Waals surface area contributed by atoms with Crippen LogP contribution in [0.15, 0.2) is 24.3 Å². The molecule has 1 aromatic rings. The third kappa shape index (κ3) is 3.30. The van der Waals surface area contributed by atoms with Crippen molar-refractivity contribution in [2.45, 2.75) is 19.3 Å². The normalized spacial score (nSPS) is 15.9. The largest absolute Gasteiger partial charge is 0.350 e. The molecule has 0 saturated carbocycles. The number of benzene rings is 1. The molecule has 1 saturated heterocycles. The van der Waals surface area contributed by atoms with Crippen LogP contribution in [0.25, 0.3) is 0 Å². The molecule has 1 nitrogen and oxygen atoms in total. The monoisotopic (exact) mass is 276 g/mol. The second-order valence-corrected chi connectivity index (χ2v) is 3.76. The van der Waals surface area contributed by atoms with E-state index in [0.717, 1.165) is 19.5 Å². The summed E-state index contributed by atoms with van der Waals surface area (Å²) in [5, 5.41) is 3.39. The van der Waals surface area contributed by atoms with Gasteiger partial charge < -0.3 is 12.2 Å². The van der Waals surface area contributed by atoms with Gasteiger partial charge in [0.25, 0.3) is 0 Å². The van der Waals surface area contributed by atoms with Crippen molar-refractivity contribution in [1.29, 1.82) is 0 Å². The topological polar surface area (TPSA) is 12.0 Å². The van der Waals surface area contributed by atoms with E-state index >= 15 is 0 Å². The molecular weight excluding hydrogens is 259 g/mol. The fourth-order valence-electron chi connectivity index (χ4n) is 2.08. The maximum atomic E-state index is 3.98. The number of rotatable bonds is 2. The van der Waals surface area contributed by atoms with Crippen LogP contribution < -0.4 is 5.32 Å². The molecule has 0 bridgehead atoms.